The van der Waals surface area contributed by atoms with Crippen LogP contribution in [0.3, 0.4) is 0 Å². The molecule has 0 aliphatic heterocycles. The Kier molecular flexibility index (Phi) is 5.70. The SMILES string of the molecule is CCC(O)CNC(=O)CC(C)(C(=O)O)c1ccccc1. The lowest BCUT2D eigenvalue weighted by Gasteiger charge is -2.25. The van der Waals surface area contributed by atoms with Gasteiger partial charge in [0.15, 0.2) is 0 Å². The number of amides is 1. The maximum absolute atomic E-state index is 11.9. The van der Waals surface area contributed by atoms with E-state index in [0.717, 1.165) is 0 Å². The molecule has 0 radical (unpaired) electrons. The molecule has 2 unspecified atom stereocenters. The largest absolute Gasteiger partial charge is 0.481 e. The van der Waals surface area contributed by atoms with E-state index in [-0.39, 0.29) is 18.9 Å². The summed E-state index contributed by atoms with van der Waals surface area (Å²) in [6.45, 7) is 3.47. The first-order valence-corrected chi connectivity index (χ1v) is 6.64. The van der Waals surface area contributed by atoms with Crippen molar-refractivity contribution in [3.05, 3.63) is 35.9 Å². The molecule has 0 spiro atoms. The number of aliphatic hydroxyl groups excluding tert-OH is 1. The second-order valence-corrected chi connectivity index (χ2v) is 5.05. The van der Waals surface area contributed by atoms with Gasteiger partial charge in [-0.2, -0.15) is 0 Å². The zero-order chi connectivity index (χ0) is 15.2. The minimum atomic E-state index is -1.28. The molecule has 0 saturated carbocycles. The minimum Gasteiger partial charge on any atom is -0.481 e. The summed E-state index contributed by atoms with van der Waals surface area (Å²) in [5.74, 6) is -1.43. The van der Waals surface area contributed by atoms with Crippen molar-refractivity contribution in [2.75, 3.05) is 6.54 Å². The van der Waals surface area contributed by atoms with Gasteiger partial charge in [0.2, 0.25) is 5.91 Å². The zero-order valence-electron chi connectivity index (χ0n) is 11.8. The smallest absolute Gasteiger partial charge is 0.314 e. The van der Waals surface area contributed by atoms with Crippen molar-refractivity contribution in [1.82, 2.24) is 5.32 Å². The molecule has 1 aromatic carbocycles. The van der Waals surface area contributed by atoms with Crippen LogP contribution in [-0.4, -0.2) is 34.7 Å². The van der Waals surface area contributed by atoms with Gasteiger partial charge >= 0.3 is 5.97 Å². The summed E-state index contributed by atoms with van der Waals surface area (Å²) in [6, 6.07) is 8.68. The number of nitrogens with one attached hydrogen (secondary N) is 1. The van der Waals surface area contributed by atoms with E-state index in [9.17, 15) is 19.8 Å². The van der Waals surface area contributed by atoms with Crippen LogP contribution in [0, 0.1) is 0 Å². The van der Waals surface area contributed by atoms with Gasteiger partial charge in [0.1, 0.15) is 0 Å². The molecule has 0 heterocycles. The number of carboxylic acid groups (broad SMARTS) is 1. The van der Waals surface area contributed by atoms with E-state index < -0.39 is 17.5 Å². The standard InChI is InChI=1S/C15H21NO4/c1-3-12(17)10-16-13(18)9-15(2,14(19)20)11-7-5-4-6-8-11/h4-8,12,17H,3,9-10H2,1-2H3,(H,16,18)(H,19,20). The number of carboxylic acids is 1. The Morgan fingerprint density at radius 1 is 1.30 bits per heavy atom. The summed E-state index contributed by atoms with van der Waals surface area (Å²) < 4.78 is 0. The van der Waals surface area contributed by atoms with Crippen molar-refractivity contribution in [2.24, 2.45) is 0 Å². The zero-order valence-corrected chi connectivity index (χ0v) is 11.8. The lowest BCUT2D eigenvalue weighted by atomic mass is 9.79. The fourth-order valence-electron chi connectivity index (χ4n) is 1.87. The van der Waals surface area contributed by atoms with Gasteiger partial charge in [-0.05, 0) is 18.9 Å². The number of benzene rings is 1. The van der Waals surface area contributed by atoms with Crippen LogP contribution in [0.2, 0.25) is 0 Å². The summed E-state index contributed by atoms with van der Waals surface area (Å²) >= 11 is 0. The lowest BCUT2D eigenvalue weighted by molar-refractivity contribution is -0.145. The average molecular weight is 279 g/mol. The van der Waals surface area contributed by atoms with Gasteiger partial charge in [-0.15, -0.1) is 0 Å². The van der Waals surface area contributed by atoms with Crippen molar-refractivity contribution < 1.29 is 19.8 Å². The molecule has 5 nitrogen and oxygen atoms in total. The van der Waals surface area contributed by atoms with Crippen LogP contribution in [0.5, 0.6) is 0 Å². The summed E-state index contributed by atoms with van der Waals surface area (Å²) in [4.78, 5) is 23.4. The maximum atomic E-state index is 11.9. The third kappa shape index (κ3) is 4.06. The Balaban J connectivity index is 2.78. The Morgan fingerprint density at radius 2 is 1.90 bits per heavy atom. The van der Waals surface area contributed by atoms with E-state index >= 15 is 0 Å². The van der Waals surface area contributed by atoms with Crippen LogP contribution in [-0.2, 0) is 15.0 Å². The Hall–Kier alpha value is -1.88. The quantitative estimate of drug-likeness (QED) is 0.702. The number of hydrogen-bond acceptors (Lipinski definition) is 3. The van der Waals surface area contributed by atoms with Gasteiger partial charge in [-0.1, -0.05) is 37.3 Å². The van der Waals surface area contributed by atoms with Gasteiger partial charge in [-0.25, -0.2) is 0 Å². The fraction of sp³-hybridized carbons (Fsp3) is 0.467. The highest BCUT2D eigenvalue weighted by molar-refractivity contribution is 5.89. The van der Waals surface area contributed by atoms with Crippen molar-refractivity contribution in [3.63, 3.8) is 0 Å². The Morgan fingerprint density at radius 3 is 2.40 bits per heavy atom. The summed E-state index contributed by atoms with van der Waals surface area (Å²) in [5.41, 5.74) is -0.693. The molecule has 0 bridgehead atoms. The van der Waals surface area contributed by atoms with Crippen molar-refractivity contribution in [2.45, 2.75) is 38.2 Å². The Bertz CT molecular complexity index is 460. The second kappa shape index (κ2) is 7.05. The number of carbonyl (C=O) groups excluding carboxylic acids is 1. The summed E-state index contributed by atoms with van der Waals surface area (Å²) in [6.07, 6.45) is -0.232. The van der Waals surface area contributed by atoms with Gasteiger partial charge in [-0.3, -0.25) is 9.59 Å². The molecule has 2 atom stereocenters. The molecule has 20 heavy (non-hydrogen) atoms. The van der Waals surface area contributed by atoms with E-state index in [1.807, 2.05) is 6.92 Å². The highest BCUT2D eigenvalue weighted by Gasteiger charge is 2.37. The number of aliphatic hydroxyl groups is 1. The molecule has 1 aromatic rings. The van der Waals surface area contributed by atoms with Crippen molar-refractivity contribution >= 4 is 11.9 Å². The number of carbonyl (C=O) groups is 2. The average Bonchev–Trinajstić information content (AvgIpc) is 2.45. The molecule has 0 saturated heterocycles. The molecule has 0 aliphatic carbocycles. The molecular formula is C15H21NO4. The van der Waals surface area contributed by atoms with E-state index in [4.69, 9.17) is 0 Å². The van der Waals surface area contributed by atoms with Crippen LogP contribution < -0.4 is 5.32 Å². The van der Waals surface area contributed by atoms with Crippen molar-refractivity contribution in [3.8, 4) is 0 Å². The third-order valence-corrected chi connectivity index (χ3v) is 3.40. The summed E-state index contributed by atoms with van der Waals surface area (Å²) in [7, 11) is 0. The monoisotopic (exact) mass is 279 g/mol. The van der Waals surface area contributed by atoms with Gasteiger partial charge in [0.25, 0.3) is 0 Å². The maximum Gasteiger partial charge on any atom is 0.314 e. The highest BCUT2D eigenvalue weighted by Crippen LogP contribution is 2.27. The second-order valence-electron chi connectivity index (χ2n) is 5.05. The van der Waals surface area contributed by atoms with E-state index in [2.05, 4.69) is 5.32 Å². The van der Waals surface area contributed by atoms with E-state index in [1.165, 1.54) is 6.92 Å². The van der Waals surface area contributed by atoms with Crippen LogP contribution >= 0.6 is 0 Å². The molecule has 0 aliphatic rings. The first-order valence-electron chi connectivity index (χ1n) is 6.64. The normalized spacial score (nSPS) is 15.2. The number of rotatable bonds is 7. The first kappa shape index (κ1) is 16.2. The van der Waals surface area contributed by atoms with E-state index in [1.54, 1.807) is 30.3 Å². The molecule has 0 fully saturated rings. The fourth-order valence-corrected chi connectivity index (χ4v) is 1.87. The van der Waals surface area contributed by atoms with Crippen LogP contribution in [0.15, 0.2) is 30.3 Å². The summed E-state index contributed by atoms with van der Waals surface area (Å²) in [5, 5.41) is 21.4. The van der Waals surface area contributed by atoms with Crippen LogP contribution in [0.4, 0.5) is 0 Å². The van der Waals surface area contributed by atoms with E-state index in [0.29, 0.717) is 12.0 Å². The molecule has 1 amide bonds. The molecule has 110 valence electrons. The number of hydrogen-bond donors (Lipinski definition) is 3. The minimum absolute atomic E-state index is 0.139. The van der Waals surface area contributed by atoms with Gasteiger partial charge < -0.3 is 15.5 Å². The molecule has 5 heteroatoms. The van der Waals surface area contributed by atoms with Crippen LogP contribution in [0.25, 0.3) is 0 Å². The third-order valence-electron chi connectivity index (χ3n) is 3.40. The molecule has 0 aromatic heterocycles. The van der Waals surface area contributed by atoms with Gasteiger partial charge in [0.05, 0.1) is 11.5 Å². The Labute approximate surface area is 118 Å². The topological polar surface area (TPSA) is 86.6 Å². The van der Waals surface area contributed by atoms with Crippen LogP contribution in [0.1, 0.15) is 32.3 Å². The predicted molar refractivity (Wildman–Crippen MR) is 75.4 cm³/mol. The lowest BCUT2D eigenvalue weighted by Crippen LogP contribution is -2.40. The first-order chi connectivity index (χ1) is 9.40. The van der Waals surface area contributed by atoms with Crippen molar-refractivity contribution in [1.29, 1.82) is 0 Å². The highest BCUT2D eigenvalue weighted by atomic mass is 16.4. The molecule has 1 rings (SSSR count). The molecular weight excluding hydrogens is 258 g/mol. The predicted octanol–water partition coefficient (Wildman–Crippen LogP) is 1.31. The number of aliphatic carboxylic acids is 1. The molecule has 3 N–H and O–H groups in total. The van der Waals surface area contributed by atoms with Gasteiger partial charge in [0, 0.05) is 13.0 Å².